The molecule has 0 fully saturated rings. The lowest BCUT2D eigenvalue weighted by atomic mass is 10.1. The fourth-order valence-electron chi connectivity index (χ4n) is 3.03. The van der Waals surface area contributed by atoms with Crippen LogP contribution in [0.15, 0.2) is 66.7 Å². The Morgan fingerprint density at radius 3 is 2.38 bits per heavy atom. The Balaban J connectivity index is 1.79. The fourth-order valence-corrected chi connectivity index (χ4v) is 3.03. The third kappa shape index (κ3) is 5.45. The van der Waals surface area contributed by atoms with Gasteiger partial charge in [-0.3, -0.25) is 19.7 Å². The molecule has 164 valence electrons. The first-order valence-corrected chi connectivity index (χ1v) is 9.64. The van der Waals surface area contributed by atoms with Crippen LogP contribution in [0.25, 0.3) is 0 Å². The summed E-state index contributed by atoms with van der Waals surface area (Å²) in [5, 5.41) is 16.4. The first kappa shape index (κ1) is 22.4. The van der Waals surface area contributed by atoms with E-state index in [1.807, 2.05) is 0 Å². The minimum Gasteiger partial charge on any atom is -0.377 e. The predicted molar refractivity (Wildman–Crippen MR) is 119 cm³/mol. The summed E-state index contributed by atoms with van der Waals surface area (Å²) in [6.45, 7) is 0.205. The Hall–Kier alpha value is -4.27. The van der Waals surface area contributed by atoms with Crippen molar-refractivity contribution in [3.8, 4) is 0 Å². The zero-order valence-electron chi connectivity index (χ0n) is 17.5. The van der Waals surface area contributed by atoms with Crippen molar-refractivity contribution in [1.82, 2.24) is 5.32 Å². The number of non-ortho nitro benzene ring substituents is 1. The van der Waals surface area contributed by atoms with Crippen molar-refractivity contribution in [3.05, 3.63) is 99.4 Å². The van der Waals surface area contributed by atoms with Gasteiger partial charge >= 0.3 is 0 Å². The summed E-state index contributed by atoms with van der Waals surface area (Å²) < 4.78 is 13.1. The highest BCUT2D eigenvalue weighted by Crippen LogP contribution is 2.24. The Kier molecular flexibility index (Phi) is 6.79. The Bertz CT molecular complexity index is 1160. The monoisotopic (exact) mass is 436 g/mol. The number of amides is 2. The molecule has 0 saturated heterocycles. The zero-order chi connectivity index (χ0) is 23.3. The van der Waals surface area contributed by atoms with Gasteiger partial charge in [-0.25, -0.2) is 4.39 Å². The molecular weight excluding hydrogens is 415 g/mol. The molecule has 0 aromatic heterocycles. The molecule has 0 heterocycles. The van der Waals surface area contributed by atoms with E-state index in [1.165, 1.54) is 42.5 Å². The molecule has 0 bridgehead atoms. The molecule has 3 aromatic rings. The first-order valence-electron chi connectivity index (χ1n) is 9.64. The second-order valence-corrected chi connectivity index (χ2v) is 7.20. The number of anilines is 2. The number of carbonyl (C=O) groups excluding carboxylic acids is 2. The second-order valence-electron chi connectivity index (χ2n) is 7.20. The summed E-state index contributed by atoms with van der Waals surface area (Å²) in [7, 11) is 3.57. The fraction of sp³-hybridized carbons (Fsp3) is 0.130. The highest BCUT2D eigenvalue weighted by molar-refractivity contribution is 6.06. The van der Waals surface area contributed by atoms with Gasteiger partial charge in [0, 0.05) is 49.7 Å². The molecule has 2 N–H and O–H groups in total. The second kappa shape index (κ2) is 9.69. The summed E-state index contributed by atoms with van der Waals surface area (Å²) in [5.74, 6) is -1.27. The summed E-state index contributed by atoms with van der Waals surface area (Å²) >= 11 is 0. The van der Waals surface area contributed by atoms with Crippen LogP contribution in [0.5, 0.6) is 0 Å². The highest BCUT2D eigenvalue weighted by atomic mass is 19.1. The van der Waals surface area contributed by atoms with E-state index >= 15 is 0 Å². The van der Waals surface area contributed by atoms with Crippen LogP contribution in [0.4, 0.5) is 21.5 Å². The first-order chi connectivity index (χ1) is 15.2. The van der Waals surface area contributed by atoms with Crippen LogP contribution in [0.3, 0.4) is 0 Å². The van der Waals surface area contributed by atoms with Gasteiger partial charge in [0.15, 0.2) is 0 Å². The average molecular weight is 436 g/mol. The van der Waals surface area contributed by atoms with Crippen molar-refractivity contribution in [1.29, 1.82) is 0 Å². The molecule has 2 amide bonds. The molecule has 3 rings (SSSR count). The standard InChI is InChI=1S/C23H21FN4O4/c1-27(2)21-11-10-18(26-22(29)16-4-3-5-19(12-16)28(31)32)13-20(21)23(30)25-14-15-6-8-17(24)9-7-15/h3-13H,14H2,1-2H3,(H,25,30)(H,26,29). The van der Waals surface area contributed by atoms with E-state index in [4.69, 9.17) is 0 Å². The third-order valence-electron chi connectivity index (χ3n) is 4.67. The van der Waals surface area contributed by atoms with Crippen molar-refractivity contribution in [2.75, 3.05) is 24.3 Å². The average Bonchev–Trinajstić information content (AvgIpc) is 2.78. The number of hydrogen-bond donors (Lipinski definition) is 2. The molecule has 0 unspecified atom stereocenters. The van der Waals surface area contributed by atoms with Crippen LogP contribution >= 0.6 is 0 Å². The lowest BCUT2D eigenvalue weighted by molar-refractivity contribution is -0.384. The number of halogens is 1. The number of nitro benzene ring substituents is 1. The molecule has 8 nitrogen and oxygen atoms in total. The van der Waals surface area contributed by atoms with Crippen LogP contribution in [0.2, 0.25) is 0 Å². The molecule has 32 heavy (non-hydrogen) atoms. The lowest BCUT2D eigenvalue weighted by Gasteiger charge is -2.18. The van der Waals surface area contributed by atoms with Crippen molar-refractivity contribution in [2.45, 2.75) is 6.54 Å². The van der Waals surface area contributed by atoms with Crippen molar-refractivity contribution in [3.63, 3.8) is 0 Å². The summed E-state index contributed by atoms with van der Waals surface area (Å²) in [6, 6.07) is 16.0. The maximum absolute atomic E-state index is 13.1. The number of nitrogens with one attached hydrogen (secondary N) is 2. The van der Waals surface area contributed by atoms with Gasteiger partial charge < -0.3 is 15.5 Å². The lowest BCUT2D eigenvalue weighted by Crippen LogP contribution is -2.25. The largest absolute Gasteiger partial charge is 0.377 e. The number of rotatable bonds is 7. The van der Waals surface area contributed by atoms with Gasteiger partial charge in [-0.1, -0.05) is 18.2 Å². The third-order valence-corrected chi connectivity index (χ3v) is 4.67. The Morgan fingerprint density at radius 2 is 1.72 bits per heavy atom. The van der Waals surface area contributed by atoms with Crippen molar-refractivity contribution < 1.29 is 18.9 Å². The number of nitro groups is 1. The van der Waals surface area contributed by atoms with E-state index < -0.39 is 10.8 Å². The maximum Gasteiger partial charge on any atom is 0.270 e. The molecule has 0 aliphatic carbocycles. The predicted octanol–water partition coefficient (Wildman–Crippen LogP) is 3.98. The summed E-state index contributed by atoms with van der Waals surface area (Å²) in [5.41, 5.74) is 1.99. The number of carbonyl (C=O) groups is 2. The molecule has 3 aromatic carbocycles. The molecule has 9 heteroatoms. The zero-order valence-corrected chi connectivity index (χ0v) is 17.5. The SMILES string of the molecule is CN(C)c1ccc(NC(=O)c2cccc([N+](=O)[O-])c2)cc1C(=O)NCc1ccc(F)cc1. The molecular formula is C23H21FN4O4. The van der Waals surface area contributed by atoms with Crippen LogP contribution in [-0.2, 0) is 6.54 Å². The molecule has 0 aliphatic heterocycles. The van der Waals surface area contributed by atoms with Crippen LogP contribution < -0.4 is 15.5 Å². The van der Waals surface area contributed by atoms with Gasteiger partial charge in [-0.15, -0.1) is 0 Å². The summed E-state index contributed by atoms with van der Waals surface area (Å²) in [4.78, 5) is 37.5. The van der Waals surface area contributed by atoms with E-state index in [1.54, 1.807) is 43.3 Å². The minimum atomic E-state index is -0.577. The normalized spacial score (nSPS) is 10.3. The van der Waals surface area contributed by atoms with Gasteiger partial charge in [0.25, 0.3) is 17.5 Å². The van der Waals surface area contributed by atoms with Gasteiger partial charge in [0.2, 0.25) is 0 Å². The van der Waals surface area contributed by atoms with E-state index in [9.17, 15) is 24.1 Å². The van der Waals surface area contributed by atoms with E-state index in [2.05, 4.69) is 10.6 Å². The Labute approximate surface area is 183 Å². The van der Waals surface area contributed by atoms with Crippen LogP contribution in [0, 0.1) is 15.9 Å². The summed E-state index contributed by atoms with van der Waals surface area (Å²) in [6.07, 6.45) is 0. The highest BCUT2D eigenvalue weighted by Gasteiger charge is 2.16. The van der Waals surface area contributed by atoms with Gasteiger partial charge in [-0.05, 0) is 42.0 Å². The quantitative estimate of drug-likeness (QED) is 0.431. The van der Waals surface area contributed by atoms with Crippen molar-refractivity contribution in [2.24, 2.45) is 0 Å². The topological polar surface area (TPSA) is 105 Å². The molecule has 0 aliphatic rings. The molecule has 0 radical (unpaired) electrons. The molecule has 0 saturated carbocycles. The smallest absolute Gasteiger partial charge is 0.270 e. The minimum absolute atomic E-state index is 0.123. The number of nitrogens with zero attached hydrogens (tertiary/aromatic N) is 2. The molecule has 0 spiro atoms. The van der Waals surface area contributed by atoms with E-state index in [0.717, 1.165) is 5.56 Å². The van der Waals surface area contributed by atoms with Gasteiger partial charge in [-0.2, -0.15) is 0 Å². The maximum atomic E-state index is 13.1. The number of hydrogen-bond acceptors (Lipinski definition) is 5. The van der Waals surface area contributed by atoms with Crippen molar-refractivity contribution >= 4 is 28.9 Å². The molecule has 0 atom stereocenters. The van der Waals surface area contributed by atoms with E-state index in [0.29, 0.717) is 16.9 Å². The van der Waals surface area contributed by atoms with Gasteiger partial charge in [0.1, 0.15) is 5.82 Å². The van der Waals surface area contributed by atoms with Crippen LogP contribution in [-0.4, -0.2) is 30.8 Å². The van der Waals surface area contributed by atoms with Gasteiger partial charge in [0.05, 0.1) is 10.5 Å². The Morgan fingerprint density at radius 1 is 1.00 bits per heavy atom. The number of benzene rings is 3. The van der Waals surface area contributed by atoms with E-state index in [-0.39, 0.29) is 29.5 Å². The van der Waals surface area contributed by atoms with Crippen LogP contribution in [0.1, 0.15) is 26.3 Å².